The zero-order valence-corrected chi connectivity index (χ0v) is 18.6. The van der Waals surface area contributed by atoms with Crippen molar-refractivity contribution in [1.29, 1.82) is 0 Å². The SMILES string of the molecule is COCCNc1ncc(C(N)=O)s1.COc1ncc(C2CCOCC2)c2scnc12. The second-order valence-electron chi connectivity index (χ2n) is 6.45. The molecule has 0 saturated carbocycles. The van der Waals surface area contributed by atoms with Crippen LogP contribution >= 0.6 is 22.7 Å². The van der Waals surface area contributed by atoms with Crippen molar-refractivity contribution < 1.29 is 19.0 Å². The number of nitrogens with one attached hydrogen (secondary N) is 1. The highest BCUT2D eigenvalue weighted by molar-refractivity contribution is 7.17. The molecule has 0 aromatic carbocycles. The number of hydrogen-bond donors (Lipinski definition) is 2. The third-order valence-corrected chi connectivity index (χ3v) is 6.38. The van der Waals surface area contributed by atoms with Gasteiger partial charge in [0.15, 0.2) is 5.13 Å². The van der Waals surface area contributed by atoms with Gasteiger partial charge in [0.05, 0.1) is 30.1 Å². The van der Waals surface area contributed by atoms with Crippen molar-refractivity contribution in [3.05, 3.63) is 28.3 Å². The lowest BCUT2D eigenvalue weighted by molar-refractivity contribution is 0.0855. The van der Waals surface area contributed by atoms with E-state index in [1.54, 1.807) is 25.6 Å². The Balaban J connectivity index is 0.000000178. The Kier molecular flexibility index (Phi) is 8.31. The molecule has 1 aliphatic heterocycles. The molecule has 0 unspecified atom stereocenters. The molecule has 4 heterocycles. The number of hydrogen-bond acceptors (Lipinski definition) is 10. The average molecular weight is 452 g/mol. The van der Waals surface area contributed by atoms with E-state index in [1.807, 2.05) is 11.7 Å². The maximum atomic E-state index is 10.7. The molecule has 9 nitrogen and oxygen atoms in total. The Morgan fingerprint density at radius 2 is 2.07 bits per heavy atom. The van der Waals surface area contributed by atoms with E-state index in [9.17, 15) is 4.79 Å². The lowest BCUT2D eigenvalue weighted by Crippen LogP contribution is -2.14. The number of amides is 1. The van der Waals surface area contributed by atoms with Crippen molar-refractivity contribution in [2.24, 2.45) is 5.73 Å². The van der Waals surface area contributed by atoms with Crippen LogP contribution in [0.4, 0.5) is 5.13 Å². The molecule has 1 saturated heterocycles. The summed E-state index contributed by atoms with van der Waals surface area (Å²) in [4.78, 5) is 23.8. The summed E-state index contributed by atoms with van der Waals surface area (Å²) in [6.45, 7) is 2.96. The molecule has 1 aliphatic rings. The van der Waals surface area contributed by atoms with Gasteiger partial charge in [0.25, 0.3) is 5.91 Å². The molecule has 4 rings (SSSR count). The number of ether oxygens (including phenoxy) is 3. The zero-order valence-electron chi connectivity index (χ0n) is 16.9. The van der Waals surface area contributed by atoms with Crippen molar-refractivity contribution in [2.45, 2.75) is 18.8 Å². The van der Waals surface area contributed by atoms with E-state index < -0.39 is 5.91 Å². The highest BCUT2D eigenvalue weighted by atomic mass is 32.1. The fourth-order valence-electron chi connectivity index (χ4n) is 3.03. The first-order valence-electron chi connectivity index (χ1n) is 9.46. The fourth-order valence-corrected chi connectivity index (χ4v) is 4.59. The first-order valence-corrected chi connectivity index (χ1v) is 11.2. The van der Waals surface area contributed by atoms with Crippen molar-refractivity contribution >= 4 is 43.9 Å². The number of thiazole rings is 2. The highest BCUT2D eigenvalue weighted by Crippen LogP contribution is 2.36. The van der Waals surface area contributed by atoms with Gasteiger partial charge < -0.3 is 25.3 Å². The maximum absolute atomic E-state index is 10.7. The summed E-state index contributed by atoms with van der Waals surface area (Å²) >= 11 is 2.90. The summed E-state index contributed by atoms with van der Waals surface area (Å²) in [7, 11) is 3.26. The molecule has 0 aliphatic carbocycles. The lowest BCUT2D eigenvalue weighted by Gasteiger charge is -2.22. The normalized spacial score (nSPS) is 14.2. The van der Waals surface area contributed by atoms with Crippen LogP contribution in [-0.2, 0) is 9.47 Å². The van der Waals surface area contributed by atoms with Crippen molar-refractivity contribution in [1.82, 2.24) is 15.0 Å². The summed E-state index contributed by atoms with van der Waals surface area (Å²) in [6, 6.07) is 0. The van der Waals surface area contributed by atoms with Crippen LogP contribution in [0.2, 0.25) is 0 Å². The van der Waals surface area contributed by atoms with E-state index in [0.717, 1.165) is 31.6 Å². The number of carbonyl (C=O) groups excluding carboxylic acids is 1. The van der Waals surface area contributed by atoms with Crippen LogP contribution in [0.1, 0.15) is 34.0 Å². The first-order chi connectivity index (χ1) is 14.6. The van der Waals surface area contributed by atoms with Crippen molar-refractivity contribution in [2.75, 3.05) is 45.9 Å². The number of nitrogens with zero attached hydrogens (tertiary/aromatic N) is 3. The molecule has 3 aromatic rings. The van der Waals surface area contributed by atoms with Gasteiger partial charge in [0.1, 0.15) is 10.4 Å². The standard InChI is InChI=1S/C12H14N2O2S.C7H11N3O2S/c1-15-12-10-11(17-7-14-10)9(6-13-12)8-2-4-16-5-3-8;1-12-3-2-9-7-10-4-5(13-7)6(8)11/h6-8H,2-5H2,1H3;4H,2-3H2,1H3,(H2,8,11)(H,9,10). The molecule has 30 heavy (non-hydrogen) atoms. The molecular weight excluding hydrogens is 426 g/mol. The minimum absolute atomic E-state index is 0.447. The van der Waals surface area contributed by atoms with Crippen LogP contribution in [0.15, 0.2) is 17.9 Å². The number of methoxy groups -OCH3 is 2. The van der Waals surface area contributed by atoms with Gasteiger partial charge in [-0.15, -0.1) is 11.3 Å². The molecule has 0 radical (unpaired) electrons. The minimum Gasteiger partial charge on any atom is -0.479 e. The van der Waals surface area contributed by atoms with E-state index in [0.29, 0.717) is 35.0 Å². The van der Waals surface area contributed by atoms with Gasteiger partial charge in [-0.3, -0.25) is 4.79 Å². The number of nitrogens with two attached hydrogens (primary N) is 1. The summed E-state index contributed by atoms with van der Waals surface area (Å²) in [6.07, 6.45) is 5.54. The average Bonchev–Trinajstić information content (AvgIpc) is 3.44. The van der Waals surface area contributed by atoms with Crippen LogP contribution in [0.25, 0.3) is 10.2 Å². The van der Waals surface area contributed by atoms with Gasteiger partial charge in [-0.05, 0) is 24.3 Å². The van der Waals surface area contributed by atoms with Crippen molar-refractivity contribution in [3.8, 4) is 5.88 Å². The van der Waals surface area contributed by atoms with E-state index in [2.05, 4.69) is 20.3 Å². The van der Waals surface area contributed by atoms with E-state index in [4.69, 9.17) is 19.9 Å². The molecule has 0 bridgehead atoms. The predicted octanol–water partition coefficient (Wildman–Crippen LogP) is 2.89. The van der Waals surface area contributed by atoms with Crippen LogP contribution in [0, 0.1) is 0 Å². The Morgan fingerprint density at radius 3 is 2.73 bits per heavy atom. The number of rotatable bonds is 7. The minimum atomic E-state index is -0.447. The van der Waals surface area contributed by atoms with Crippen LogP contribution in [0.3, 0.4) is 0 Å². The summed E-state index contributed by atoms with van der Waals surface area (Å²) < 4.78 is 16.7. The molecule has 0 spiro atoms. The summed E-state index contributed by atoms with van der Waals surface area (Å²) in [5.74, 6) is 0.722. The molecular formula is C19H25N5O4S2. The Labute approximate surface area is 182 Å². The van der Waals surface area contributed by atoms with Crippen molar-refractivity contribution in [3.63, 3.8) is 0 Å². The molecule has 1 amide bonds. The van der Waals surface area contributed by atoms with Gasteiger partial charge in [0.2, 0.25) is 5.88 Å². The van der Waals surface area contributed by atoms with Gasteiger partial charge in [0, 0.05) is 33.1 Å². The number of anilines is 1. The fraction of sp³-hybridized carbons (Fsp3) is 0.474. The Morgan fingerprint density at radius 1 is 1.27 bits per heavy atom. The molecule has 0 atom stereocenters. The van der Waals surface area contributed by atoms with Gasteiger partial charge in [-0.1, -0.05) is 11.3 Å². The van der Waals surface area contributed by atoms with Gasteiger partial charge in [-0.25, -0.2) is 15.0 Å². The third kappa shape index (κ3) is 5.63. The quantitative estimate of drug-likeness (QED) is 0.526. The monoisotopic (exact) mass is 451 g/mol. The highest BCUT2D eigenvalue weighted by Gasteiger charge is 2.21. The summed E-state index contributed by atoms with van der Waals surface area (Å²) in [5.41, 5.74) is 9.11. The zero-order chi connectivity index (χ0) is 21.3. The molecule has 162 valence electrons. The largest absolute Gasteiger partial charge is 0.479 e. The van der Waals surface area contributed by atoms with Crippen LogP contribution in [-0.4, -0.2) is 61.4 Å². The molecule has 3 N–H and O–H groups in total. The van der Waals surface area contributed by atoms with Gasteiger partial charge >= 0.3 is 0 Å². The Hall–Kier alpha value is -2.34. The van der Waals surface area contributed by atoms with Gasteiger partial charge in [-0.2, -0.15) is 0 Å². The number of fused-ring (bicyclic) bond motifs is 1. The van der Waals surface area contributed by atoms with Crippen LogP contribution < -0.4 is 15.8 Å². The Bertz CT molecular complexity index is 955. The molecule has 3 aromatic heterocycles. The lowest BCUT2D eigenvalue weighted by atomic mass is 9.93. The first kappa shape index (κ1) is 22.3. The van der Waals surface area contributed by atoms with E-state index >= 15 is 0 Å². The van der Waals surface area contributed by atoms with E-state index in [1.165, 1.54) is 27.8 Å². The number of primary amides is 1. The second kappa shape index (κ2) is 11.2. The maximum Gasteiger partial charge on any atom is 0.260 e. The number of pyridine rings is 1. The number of aromatic nitrogens is 3. The number of carbonyl (C=O) groups is 1. The van der Waals surface area contributed by atoms with Crippen LogP contribution in [0.5, 0.6) is 5.88 Å². The molecule has 11 heteroatoms. The second-order valence-corrected chi connectivity index (χ2v) is 8.34. The topological polar surface area (TPSA) is 121 Å². The summed E-state index contributed by atoms with van der Waals surface area (Å²) in [5, 5.41) is 3.68. The molecule has 1 fully saturated rings. The predicted molar refractivity (Wildman–Crippen MR) is 118 cm³/mol. The smallest absolute Gasteiger partial charge is 0.260 e. The van der Waals surface area contributed by atoms with E-state index in [-0.39, 0.29) is 0 Å². The third-order valence-electron chi connectivity index (χ3n) is 4.54.